The van der Waals surface area contributed by atoms with Crippen molar-refractivity contribution >= 4 is 23.2 Å². The number of halogens is 1. The normalized spacial score (nSPS) is 10.0. The standard InChI is InChI=1S/C10H9ClN4O2/c1-17-8-3-2-6(4-7(8)11)13-10-14-9(16)5-12-15-10/h2-5H,1H3,(H2,13,14,15,16). The molecule has 0 unspecified atom stereocenters. The molecule has 2 rings (SSSR count). The molecule has 88 valence electrons. The number of nitrogens with one attached hydrogen (secondary N) is 2. The maximum atomic E-state index is 11.0. The Hall–Kier alpha value is -2.08. The fraction of sp³-hybridized carbons (Fsp3) is 0.100. The molecule has 0 aliphatic carbocycles. The number of nitrogens with zero attached hydrogens (tertiary/aromatic N) is 2. The van der Waals surface area contributed by atoms with Crippen LogP contribution in [0, 0.1) is 0 Å². The molecule has 1 heterocycles. The molecule has 6 nitrogen and oxygen atoms in total. The largest absolute Gasteiger partial charge is 0.495 e. The highest BCUT2D eigenvalue weighted by Gasteiger charge is 2.03. The van der Waals surface area contributed by atoms with Crippen molar-refractivity contribution in [3.05, 3.63) is 39.8 Å². The molecule has 0 radical (unpaired) electrons. The van der Waals surface area contributed by atoms with Crippen LogP contribution in [-0.4, -0.2) is 22.3 Å². The summed E-state index contributed by atoms with van der Waals surface area (Å²) in [4.78, 5) is 13.5. The number of H-pyrrole nitrogens is 1. The van der Waals surface area contributed by atoms with Gasteiger partial charge < -0.3 is 10.1 Å². The van der Waals surface area contributed by atoms with Gasteiger partial charge in [-0.15, -0.1) is 10.2 Å². The first-order valence-corrected chi connectivity index (χ1v) is 5.09. The van der Waals surface area contributed by atoms with Crippen molar-refractivity contribution in [1.29, 1.82) is 0 Å². The summed E-state index contributed by atoms with van der Waals surface area (Å²) in [6, 6.07) is 5.12. The Morgan fingerprint density at radius 1 is 1.47 bits per heavy atom. The zero-order chi connectivity index (χ0) is 12.3. The van der Waals surface area contributed by atoms with Crippen LogP contribution in [0.2, 0.25) is 5.02 Å². The highest BCUT2D eigenvalue weighted by Crippen LogP contribution is 2.27. The average Bonchev–Trinajstić information content (AvgIpc) is 2.29. The maximum absolute atomic E-state index is 11.0. The minimum Gasteiger partial charge on any atom is -0.495 e. The van der Waals surface area contributed by atoms with Crippen molar-refractivity contribution in [2.24, 2.45) is 0 Å². The SMILES string of the molecule is COc1ccc(Nc2nncc(=O)[nH]2)cc1Cl. The van der Waals surface area contributed by atoms with E-state index in [9.17, 15) is 4.79 Å². The van der Waals surface area contributed by atoms with Gasteiger partial charge in [-0.05, 0) is 18.2 Å². The van der Waals surface area contributed by atoms with Crippen molar-refractivity contribution in [3.8, 4) is 5.75 Å². The summed E-state index contributed by atoms with van der Waals surface area (Å²) < 4.78 is 5.02. The van der Waals surface area contributed by atoms with E-state index in [1.54, 1.807) is 18.2 Å². The van der Waals surface area contributed by atoms with E-state index in [2.05, 4.69) is 20.5 Å². The lowest BCUT2D eigenvalue weighted by Crippen LogP contribution is -2.10. The summed E-state index contributed by atoms with van der Waals surface area (Å²) in [5, 5.41) is 10.6. The Morgan fingerprint density at radius 2 is 2.29 bits per heavy atom. The molecule has 0 saturated carbocycles. The van der Waals surface area contributed by atoms with Crippen molar-refractivity contribution in [3.63, 3.8) is 0 Å². The lowest BCUT2D eigenvalue weighted by Gasteiger charge is -2.07. The molecule has 0 aliphatic rings. The molecule has 0 amide bonds. The Kier molecular flexibility index (Phi) is 3.24. The van der Waals surface area contributed by atoms with Gasteiger partial charge in [0.05, 0.1) is 12.1 Å². The molecule has 0 spiro atoms. The summed E-state index contributed by atoms with van der Waals surface area (Å²) >= 11 is 5.95. The number of aromatic nitrogens is 3. The van der Waals surface area contributed by atoms with Gasteiger partial charge in [0, 0.05) is 5.69 Å². The monoisotopic (exact) mass is 252 g/mol. The fourth-order valence-electron chi connectivity index (χ4n) is 1.25. The first-order valence-electron chi connectivity index (χ1n) is 4.71. The number of hydrogen-bond donors (Lipinski definition) is 2. The highest BCUT2D eigenvalue weighted by atomic mass is 35.5. The number of hydrogen-bond acceptors (Lipinski definition) is 5. The number of rotatable bonds is 3. The van der Waals surface area contributed by atoms with Crippen LogP contribution in [0.5, 0.6) is 5.75 Å². The van der Waals surface area contributed by atoms with E-state index < -0.39 is 0 Å². The first kappa shape index (κ1) is 11.4. The first-order chi connectivity index (χ1) is 8.19. The Labute approximate surface area is 102 Å². The summed E-state index contributed by atoms with van der Waals surface area (Å²) in [6.45, 7) is 0. The number of ether oxygens (including phenoxy) is 1. The number of methoxy groups -OCH3 is 1. The van der Waals surface area contributed by atoms with Crippen LogP contribution in [0.4, 0.5) is 11.6 Å². The van der Waals surface area contributed by atoms with Crippen LogP contribution < -0.4 is 15.6 Å². The highest BCUT2D eigenvalue weighted by molar-refractivity contribution is 6.32. The van der Waals surface area contributed by atoms with Crippen LogP contribution in [0.1, 0.15) is 0 Å². The minimum atomic E-state index is -0.331. The lowest BCUT2D eigenvalue weighted by atomic mass is 10.3. The number of aromatic amines is 1. The molecule has 1 aromatic carbocycles. The third-order valence-corrected chi connectivity index (χ3v) is 2.28. The van der Waals surface area contributed by atoms with Crippen LogP contribution in [0.25, 0.3) is 0 Å². The van der Waals surface area contributed by atoms with E-state index in [0.717, 1.165) is 6.20 Å². The molecule has 2 N–H and O–H groups in total. The Balaban J connectivity index is 2.25. The van der Waals surface area contributed by atoms with Crippen LogP contribution in [0.3, 0.4) is 0 Å². The van der Waals surface area contributed by atoms with Crippen LogP contribution in [0.15, 0.2) is 29.2 Å². The van der Waals surface area contributed by atoms with E-state index in [1.807, 2.05) is 0 Å². The van der Waals surface area contributed by atoms with Gasteiger partial charge in [-0.1, -0.05) is 11.6 Å². The van der Waals surface area contributed by atoms with E-state index >= 15 is 0 Å². The zero-order valence-corrected chi connectivity index (χ0v) is 9.65. The second-order valence-electron chi connectivity index (χ2n) is 3.16. The molecule has 0 atom stereocenters. The molecule has 2 aromatic rings. The predicted molar refractivity (Wildman–Crippen MR) is 63.9 cm³/mol. The van der Waals surface area contributed by atoms with Gasteiger partial charge in [-0.2, -0.15) is 0 Å². The summed E-state index contributed by atoms with van der Waals surface area (Å²) in [7, 11) is 1.54. The molecule has 1 aromatic heterocycles. The van der Waals surface area contributed by atoms with Crippen molar-refractivity contribution in [2.45, 2.75) is 0 Å². The van der Waals surface area contributed by atoms with Crippen molar-refractivity contribution in [1.82, 2.24) is 15.2 Å². The van der Waals surface area contributed by atoms with Gasteiger partial charge in [0.1, 0.15) is 11.9 Å². The quantitative estimate of drug-likeness (QED) is 0.867. The predicted octanol–water partition coefficient (Wildman–Crippen LogP) is 1.57. The molecule has 0 saturated heterocycles. The van der Waals surface area contributed by atoms with E-state index in [-0.39, 0.29) is 11.5 Å². The van der Waals surface area contributed by atoms with Gasteiger partial charge in [0.15, 0.2) is 0 Å². The summed E-state index contributed by atoms with van der Waals surface area (Å²) in [6.07, 6.45) is 1.09. The van der Waals surface area contributed by atoms with E-state index in [0.29, 0.717) is 16.5 Å². The molecule has 0 aliphatic heterocycles. The minimum absolute atomic E-state index is 0.249. The van der Waals surface area contributed by atoms with Gasteiger partial charge in [0.25, 0.3) is 5.56 Å². The third kappa shape index (κ3) is 2.73. The maximum Gasteiger partial charge on any atom is 0.271 e. The van der Waals surface area contributed by atoms with Gasteiger partial charge in [-0.25, -0.2) is 0 Å². The van der Waals surface area contributed by atoms with E-state index in [4.69, 9.17) is 16.3 Å². The average molecular weight is 253 g/mol. The van der Waals surface area contributed by atoms with Crippen LogP contribution >= 0.6 is 11.6 Å². The molecular weight excluding hydrogens is 244 g/mol. The Morgan fingerprint density at radius 3 is 2.94 bits per heavy atom. The summed E-state index contributed by atoms with van der Waals surface area (Å²) in [5.41, 5.74) is 0.342. The van der Waals surface area contributed by atoms with Gasteiger partial charge in [-0.3, -0.25) is 9.78 Å². The van der Waals surface area contributed by atoms with Crippen LogP contribution in [-0.2, 0) is 0 Å². The molecule has 0 fully saturated rings. The second kappa shape index (κ2) is 4.84. The Bertz CT molecular complexity index is 585. The smallest absolute Gasteiger partial charge is 0.271 e. The van der Waals surface area contributed by atoms with Gasteiger partial charge >= 0.3 is 0 Å². The number of benzene rings is 1. The van der Waals surface area contributed by atoms with E-state index in [1.165, 1.54) is 7.11 Å². The molecular formula is C10H9ClN4O2. The van der Waals surface area contributed by atoms with Crippen molar-refractivity contribution in [2.75, 3.05) is 12.4 Å². The lowest BCUT2D eigenvalue weighted by molar-refractivity contribution is 0.415. The molecule has 17 heavy (non-hydrogen) atoms. The topological polar surface area (TPSA) is 79.9 Å². The third-order valence-electron chi connectivity index (χ3n) is 1.99. The second-order valence-corrected chi connectivity index (χ2v) is 3.56. The molecule has 0 bridgehead atoms. The number of anilines is 2. The summed E-state index contributed by atoms with van der Waals surface area (Å²) in [5.74, 6) is 0.823. The molecule has 7 heteroatoms. The van der Waals surface area contributed by atoms with Crippen molar-refractivity contribution < 1.29 is 4.74 Å². The van der Waals surface area contributed by atoms with Gasteiger partial charge in [0.2, 0.25) is 5.95 Å². The fourth-order valence-corrected chi connectivity index (χ4v) is 1.51. The zero-order valence-electron chi connectivity index (χ0n) is 8.90.